The van der Waals surface area contributed by atoms with E-state index in [1.54, 1.807) is 0 Å². The second kappa shape index (κ2) is 16.0. The van der Waals surface area contributed by atoms with Gasteiger partial charge in [-0.15, -0.1) is 0 Å². The van der Waals surface area contributed by atoms with E-state index < -0.39 is 10.8 Å². The Bertz CT molecular complexity index is 4170. The highest BCUT2D eigenvalue weighted by atomic mass is 15.1. The lowest BCUT2D eigenvalue weighted by atomic mass is 9.70. The molecule has 0 bridgehead atoms. The first-order chi connectivity index (χ1) is 37.2. The summed E-state index contributed by atoms with van der Waals surface area (Å²) in [5, 5.41) is 0. The maximum Gasteiger partial charge on any atom is 0.0726 e. The predicted molar refractivity (Wildman–Crippen MR) is 310 cm³/mol. The maximum absolute atomic E-state index is 2.49. The Morgan fingerprint density at radius 3 is 0.960 bits per heavy atom. The second-order valence-corrected chi connectivity index (χ2v) is 20.6. The van der Waals surface area contributed by atoms with Gasteiger partial charge in [-0.1, -0.05) is 249 Å². The van der Waals surface area contributed by atoms with Gasteiger partial charge in [0.2, 0.25) is 0 Å². The number of hydrogen-bond donors (Lipinski definition) is 0. The van der Waals surface area contributed by atoms with Crippen molar-refractivity contribution in [2.45, 2.75) is 10.8 Å². The van der Waals surface area contributed by atoms with Gasteiger partial charge in [0.25, 0.3) is 0 Å². The van der Waals surface area contributed by atoms with Gasteiger partial charge in [-0.05, 0) is 153 Å². The molecule has 1 heteroatoms. The molecule has 12 aromatic carbocycles. The molecule has 0 amide bonds. The molecule has 0 heterocycles. The lowest BCUT2D eigenvalue weighted by molar-refractivity contribution is 0.794. The zero-order valence-corrected chi connectivity index (χ0v) is 41.1. The van der Waals surface area contributed by atoms with Crippen molar-refractivity contribution in [2.75, 3.05) is 4.90 Å². The highest BCUT2D eigenvalue weighted by Gasteiger charge is 2.53. The van der Waals surface area contributed by atoms with Crippen LogP contribution < -0.4 is 4.90 Å². The molecule has 4 aliphatic carbocycles. The lowest BCUT2D eigenvalue weighted by Gasteiger charge is -2.32. The number of fused-ring (bicyclic) bond motifs is 20. The normalized spacial score (nSPS) is 13.8. The molecular weight excluding hydrogens is 903 g/mol. The van der Waals surface area contributed by atoms with Crippen molar-refractivity contribution in [3.05, 3.63) is 330 Å². The third kappa shape index (κ3) is 5.73. The summed E-state index contributed by atoms with van der Waals surface area (Å²) in [6.07, 6.45) is 0. The van der Waals surface area contributed by atoms with Crippen LogP contribution in [0, 0.1) is 0 Å². The van der Waals surface area contributed by atoms with E-state index in [0.29, 0.717) is 0 Å². The average molecular weight is 950 g/mol. The quantitative estimate of drug-likeness (QED) is 0.161. The van der Waals surface area contributed by atoms with E-state index in [-0.39, 0.29) is 0 Å². The Morgan fingerprint density at radius 1 is 0.200 bits per heavy atom. The van der Waals surface area contributed by atoms with Gasteiger partial charge in [-0.2, -0.15) is 0 Å². The van der Waals surface area contributed by atoms with Crippen LogP contribution in [0.3, 0.4) is 0 Å². The highest BCUT2D eigenvalue weighted by Crippen LogP contribution is 2.66. The molecule has 16 rings (SSSR count). The summed E-state index contributed by atoms with van der Waals surface area (Å²) in [6, 6.07) is 107. The summed E-state index contributed by atoms with van der Waals surface area (Å²) >= 11 is 0. The fourth-order valence-corrected chi connectivity index (χ4v) is 14.1. The molecule has 2 spiro atoms. The monoisotopic (exact) mass is 949 g/mol. The summed E-state index contributed by atoms with van der Waals surface area (Å²) in [7, 11) is 0. The van der Waals surface area contributed by atoms with Crippen LogP contribution in [-0.4, -0.2) is 0 Å². The molecule has 0 saturated carbocycles. The summed E-state index contributed by atoms with van der Waals surface area (Å²) in [6.45, 7) is 0. The van der Waals surface area contributed by atoms with E-state index in [1.165, 1.54) is 122 Å². The molecule has 0 atom stereocenters. The third-order valence-electron chi connectivity index (χ3n) is 17.1. The summed E-state index contributed by atoms with van der Waals surface area (Å²) in [4.78, 5) is 2.49. The van der Waals surface area contributed by atoms with E-state index in [2.05, 4.69) is 290 Å². The van der Waals surface area contributed by atoms with Crippen molar-refractivity contribution < 1.29 is 0 Å². The van der Waals surface area contributed by atoms with Crippen molar-refractivity contribution in [2.24, 2.45) is 0 Å². The van der Waals surface area contributed by atoms with Crippen LogP contribution in [0.15, 0.2) is 285 Å². The maximum atomic E-state index is 2.49. The van der Waals surface area contributed by atoms with E-state index in [9.17, 15) is 0 Å². The van der Waals surface area contributed by atoms with Gasteiger partial charge in [0.15, 0.2) is 0 Å². The fourth-order valence-electron chi connectivity index (χ4n) is 14.1. The van der Waals surface area contributed by atoms with Gasteiger partial charge in [0.1, 0.15) is 0 Å². The SMILES string of the molecule is c1ccc(-c2ccc(-c3ccc(N(c4ccc(-c5ccc6c(c5)C5(c7ccccc7-c7ccccc75)c5ccccc5-6)cc4)c4cccc5c4-c4ccccc4C54c5ccccc5-c5ccccc54)cc3)cc2)cc1. The second-order valence-electron chi connectivity index (χ2n) is 20.6. The van der Waals surface area contributed by atoms with Crippen molar-refractivity contribution in [3.63, 3.8) is 0 Å². The molecule has 0 aliphatic heterocycles. The van der Waals surface area contributed by atoms with E-state index in [0.717, 1.165) is 17.1 Å². The van der Waals surface area contributed by atoms with E-state index in [4.69, 9.17) is 0 Å². The molecular formula is C74H47N. The summed E-state index contributed by atoms with van der Waals surface area (Å²) in [5.74, 6) is 0. The molecule has 12 aromatic rings. The fraction of sp³-hybridized carbons (Fsp3) is 0.0270. The molecule has 0 saturated heterocycles. The third-order valence-corrected chi connectivity index (χ3v) is 17.1. The van der Waals surface area contributed by atoms with Crippen LogP contribution in [0.25, 0.3) is 77.9 Å². The molecule has 0 N–H and O–H groups in total. The Hall–Kier alpha value is -9.56. The number of rotatable bonds is 6. The van der Waals surface area contributed by atoms with Crippen molar-refractivity contribution >= 4 is 17.1 Å². The standard InChI is InChI=1S/C74H47N/c1-2-17-48(18-3-1)49-33-35-50(36-34-49)51-37-42-54(43-38-51)75(71-32-16-31-69-72(71)62-24-9-15-30-68(62)73(69)63-25-10-4-19-56(63)57-20-5-11-26-64(57)73)55-44-39-52(40-45-55)53-41-46-61-60-23-8-14-29-67(60)74(70(61)47-53)65-27-12-6-21-58(65)59-22-7-13-28-66(59)74/h1-47H. The molecule has 0 fully saturated rings. The average Bonchev–Trinajstić information content (AvgIpc) is 4.38. The van der Waals surface area contributed by atoms with Crippen molar-refractivity contribution in [1.29, 1.82) is 0 Å². The smallest absolute Gasteiger partial charge is 0.0726 e. The number of anilines is 3. The largest absolute Gasteiger partial charge is 0.310 e. The molecule has 75 heavy (non-hydrogen) atoms. The van der Waals surface area contributed by atoms with Crippen molar-refractivity contribution in [1.82, 2.24) is 0 Å². The van der Waals surface area contributed by atoms with Crippen LogP contribution in [-0.2, 0) is 10.8 Å². The Balaban J connectivity index is 0.858. The Kier molecular flexibility index (Phi) is 8.94. The van der Waals surface area contributed by atoms with Gasteiger partial charge in [0, 0.05) is 16.9 Å². The summed E-state index contributed by atoms with van der Waals surface area (Å²) < 4.78 is 0. The van der Waals surface area contributed by atoms with Gasteiger partial charge in [-0.25, -0.2) is 0 Å². The van der Waals surface area contributed by atoms with E-state index in [1.807, 2.05) is 0 Å². The highest BCUT2D eigenvalue weighted by molar-refractivity contribution is 6.02. The molecule has 4 aliphatic rings. The minimum Gasteiger partial charge on any atom is -0.310 e. The van der Waals surface area contributed by atoms with Crippen LogP contribution in [0.4, 0.5) is 17.1 Å². The van der Waals surface area contributed by atoms with Crippen LogP contribution in [0.2, 0.25) is 0 Å². The van der Waals surface area contributed by atoms with Gasteiger partial charge in [0.05, 0.1) is 16.5 Å². The first kappa shape index (κ1) is 42.0. The summed E-state index contributed by atoms with van der Waals surface area (Å²) in [5.41, 5.74) is 30.9. The number of benzene rings is 12. The van der Waals surface area contributed by atoms with Gasteiger partial charge >= 0.3 is 0 Å². The van der Waals surface area contributed by atoms with Crippen LogP contribution in [0.5, 0.6) is 0 Å². The Morgan fingerprint density at radius 2 is 0.507 bits per heavy atom. The van der Waals surface area contributed by atoms with Gasteiger partial charge in [-0.3, -0.25) is 0 Å². The first-order valence-corrected chi connectivity index (χ1v) is 26.2. The predicted octanol–water partition coefficient (Wildman–Crippen LogP) is 18.8. The topological polar surface area (TPSA) is 3.24 Å². The lowest BCUT2D eigenvalue weighted by Crippen LogP contribution is -2.26. The zero-order valence-electron chi connectivity index (χ0n) is 41.1. The van der Waals surface area contributed by atoms with Crippen LogP contribution >= 0.6 is 0 Å². The number of hydrogen-bond acceptors (Lipinski definition) is 1. The molecule has 348 valence electrons. The van der Waals surface area contributed by atoms with Gasteiger partial charge < -0.3 is 4.90 Å². The number of nitrogens with zero attached hydrogens (tertiary/aromatic N) is 1. The zero-order chi connectivity index (χ0) is 49.2. The first-order valence-electron chi connectivity index (χ1n) is 26.2. The van der Waals surface area contributed by atoms with E-state index >= 15 is 0 Å². The molecule has 0 radical (unpaired) electrons. The molecule has 0 unspecified atom stereocenters. The minimum atomic E-state index is -0.453. The minimum absolute atomic E-state index is 0.399. The molecule has 0 aromatic heterocycles. The van der Waals surface area contributed by atoms with Crippen molar-refractivity contribution in [3.8, 4) is 77.9 Å². The Labute approximate surface area is 438 Å². The molecule has 1 nitrogen and oxygen atoms in total. The van der Waals surface area contributed by atoms with Crippen LogP contribution in [0.1, 0.15) is 44.5 Å².